The summed E-state index contributed by atoms with van der Waals surface area (Å²) in [5.41, 5.74) is 0. The van der Waals surface area contributed by atoms with Gasteiger partial charge in [-0.3, -0.25) is 0 Å². The summed E-state index contributed by atoms with van der Waals surface area (Å²) in [6, 6.07) is 0. The summed E-state index contributed by atoms with van der Waals surface area (Å²) in [4.78, 5) is 21.0. The first-order valence-electron chi connectivity index (χ1n) is 5.02. The lowest BCUT2D eigenvalue weighted by atomic mass is 10.0. The Balaban J connectivity index is 4.12. The molecule has 0 spiro atoms. The van der Waals surface area contributed by atoms with Gasteiger partial charge in [-0.05, 0) is 6.42 Å². The molecule has 0 saturated heterocycles. The van der Waals surface area contributed by atoms with Crippen molar-refractivity contribution in [3.8, 4) is 0 Å². The highest BCUT2D eigenvalue weighted by molar-refractivity contribution is 5.61. The van der Waals surface area contributed by atoms with E-state index in [-0.39, 0.29) is 0 Å². The molecule has 0 heterocycles. The molecule has 0 fully saturated rings. The number of aliphatic hydroxyl groups excluding tert-OH is 2. The zero-order valence-electron chi connectivity index (χ0n) is 8.83. The van der Waals surface area contributed by atoms with E-state index in [4.69, 9.17) is 9.84 Å². The van der Waals surface area contributed by atoms with Crippen LogP contribution in [0.2, 0.25) is 0 Å². The maximum absolute atomic E-state index is 10.6. The quantitative estimate of drug-likeness (QED) is 0.404. The Morgan fingerprint density at radius 3 is 2.40 bits per heavy atom. The molecule has 0 aliphatic carbocycles. The second-order valence-electron chi connectivity index (χ2n) is 3.30. The molecule has 5 heteroatoms. The highest BCUT2D eigenvalue weighted by atomic mass is 16.5. The molecule has 88 valence electrons. The van der Waals surface area contributed by atoms with Gasteiger partial charge < -0.3 is 24.5 Å². The number of hydrogen-bond donors (Lipinski definition) is 2. The standard InChI is InChI=1S/C10H18O5/c1-2-3-4-15-9(7-13)10(14)8(5-11)6-12/h5,7-10,12,14H,2-4,6H2,1H3. The third kappa shape index (κ3) is 5.01. The van der Waals surface area contributed by atoms with Gasteiger partial charge in [-0.15, -0.1) is 0 Å². The second-order valence-corrected chi connectivity index (χ2v) is 3.30. The van der Waals surface area contributed by atoms with E-state index in [1.807, 2.05) is 6.92 Å². The maximum Gasteiger partial charge on any atom is 0.151 e. The first-order valence-corrected chi connectivity index (χ1v) is 5.02. The SMILES string of the molecule is CCCCOC(C=O)C(O)C(C=O)CO. The average Bonchev–Trinajstić information content (AvgIpc) is 2.26. The third-order valence-electron chi connectivity index (χ3n) is 2.10. The van der Waals surface area contributed by atoms with Crippen LogP contribution in [0.4, 0.5) is 0 Å². The fraction of sp³-hybridized carbons (Fsp3) is 0.800. The Bertz CT molecular complexity index is 183. The van der Waals surface area contributed by atoms with Crippen LogP contribution in [0.5, 0.6) is 0 Å². The van der Waals surface area contributed by atoms with E-state index >= 15 is 0 Å². The van der Waals surface area contributed by atoms with Crippen molar-refractivity contribution in [3.63, 3.8) is 0 Å². The fourth-order valence-electron chi connectivity index (χ4n) is 1.06. The van der Waals surface area contributed by atoms with E-state index in [2.05, 4.69) is 0 Å². The molecule has 15 heavy (non-hydrogen) atoms. The second kappa shape index (κ2) is 8.52. The monoisotopic (exact) mass is 218 g/mol. The van der Waals surface area contributed by atoms with E-state index in [0.29, 0.717) is 19.2 Å². The third-order valence-corrected chi connectivity index (χ3v) is 2.10. The molecule has 0 aromatic carbocycles. The molecule has 0 saturated carbocycles. The number of hydrogen-bond acceptors (Lipinski definition) is 5. The van der Waals surface area contributed by atoms with Gasteiger partial charge in [0.2, 0.25) is 0 Å². The summed E-state index contributed by atoms with van der Waals surface area (Å²) >= 11 is 0. The number of aldehydes is 2. The minimum absolute atomic E-state index is 0.355. The van der Waals surface area contributed by atoms with Gasteiger partial charge in [0, 0.05) is 6.61 Å². The Kier molecular flexibility index (Phi) is 8.08. The van der Waals surface area contributed by atoms with E-state index in [1.165, 1.54) is 0 Å². The molecular weight excluding hydrogens is 200 g/mol. The normalized spacial score (nSPS) is 16.7. The predicted molar refractivity (Wildman–Crippen MR) is 53.4 cm³/mol. The van der Waals surface area contributed by atoms with Gasteiger partial charge in [-0.25, -0.2) is 0 Å². The Morgan fingerprint density at radius 2 is 2.00 bits per heavy atom. The highest BCUT2D eigenvalue weighted by Gasteiger charge is 2.27. The van der Waals surface area contributed by atoms with Crippen LogP contribution < -0.4 is 0 Å². The van der Waals surface area contributed by atoms with Crippen LogP contribution in [-0.4, -0.2) is 48.2 Å². The molecule has 0 bridgehead atoms. The molecule has 0 aliphatic rings. The number of unbranched alkanes of at least 4 members (excludes halogenated alkanes) is 1. The van der Waals surface area contributed by atoms with Crippen LogP contribution in [0.1, 0.15) is 19.8 Å². The van der Waals surface area contributed by atoms with Crippen molar-refractivity contribution in [2.24, 2.45) is 5.92 Å². The van der Waals surface area contributed by atoms with E-state index in [9.17, 15) is 14.7 Å². The van der Waals surface area contributed by atoms with Gasteiger partial charge in [0.25, 0.3) is 0 Å². The van der Waals surface area contributed by atoms with Crippen molar-refractivity contribution in [2.75, 3.05) is 13.2 Å². The maximum atomic E-state index is 10.6. The summed E-state index contributed by atoms with van der Waals surface area (Å²) in [5, 5.41) is 18.3. The first-order chi connectivity index (χ1) is 7.21. The fourth-order valence-corrected chi connectivity index (χ4v) is 1.06. The van der Waals surface area contributed by atoms with Crippen molar-refractivity contribution in [1.29, 1.82) is 0 Å². The number of ether oxygens (including phenoxy) is 1. The summed E-state index contributed by atoms with van der Waals surface area (Å²) in [6.07, 6.45) is 0.248. The van der Waals surface area contributed by atoms with Gasteiger partial charge >= 0.3 is 0 Å². The van der Waals surface area contributed by atoms with Crippen molar-refractivity contribution in [1.82, 2.24) is 0 Å². The van der Waals surface area contributed by atoms with Gasteiger partial charge in [-0.1, -0.05) is 13.3 Å². The van der Waals surface area contributed by atoms with E-state index < -0.39 is 24.7 Å². The first kappa shape index (κ1) is 14.2. The van der Waals surface area contributed by atoms with Crippen LogP contribution >= 0.6 is 0 Å². The van der Waals surface area contributed by atoms with Crippen LogP contribution in [0.3, 0.4) is 0 Å². The zero-order valence-corrected chi connectivity index (χ0v) is 8.83. The predicted octanol–water partition coefficient (Wildman–Crippen LogP) is -0.461. The number of carbonyl (C=O) groups is 2. The van der Waals surface area contributed by atoms with Crippen LogP contribution in [0.25, 0.3) is 0 Å². The van der Waals surface area contributed by atoms with Gasteiger partial charge in [0.05, 0.1) is 18.6 Å². The summed E-state index contributed by atoms with van der Waals surface area (Å²) in [5.74, 6) is -0.971. The lowest BCUT2D eigenvalue weighted by Gasteiger charge is -2.21. The molecule has 0 amide bonds. The molecule has 0 aromatic rings. The average molecular weight is 218 g/mol. The number of carbonyl (C=O) groups excluding carboxylic acids is 2. The van der Waals surface area contributed by atoms with E-state index in [1.54, 1.807) is 0 Å². The molecule has 0 radical (unpaired) electrons. The smallest absolute Gasteiger partial charge is 0.151 e. The number of aliphatic hydroxyl groups is 2. The highest BCUT2D eigenvalue weighted by Crippen LogP contribution is 2.08. The minimum atomic E-state index is -1.28. The van der Waals surface area contributed by atoms with Crippen LogP contribution in [0.15, 0.2) is 0 Å². The summed E-state index contributed by atoms with van der Waals surface area (Å²) in [6.45, 7) is 1.83. The Hall–Kier alpha value is -0.780. The molecule has 2 N–H and O–H groups in total. The van der Waals surface area contributed by atoms with Crippen molar-refractivity contribution in [3.05, 3.63) is 0 Å². The van der Waals surface area contributed by atoms with E-state index in [0.717, 1.165) is 12.8 Å². The summed E-state index contributed by atoms with van der Waals surface area (Å²) < 4.78 is 5.09. The molecule has 0 aromatic heterocycles. The van der Waals surface area contributed by atoms with Crippen LogP contribution in [0, 0.1) is 5.92 Å². The Labute approximate surface area is 89.0 Å². The lowest BCUT2D eigenvalue weighted by Crippen LogP contribution is -2.39. The topological polar surface area (TPSA) is 83.8 Å². The van der Waals surface area contributed by atoms with Gasteiger partial charge in [-0.2, -0.15) is 0 Å². The molecule has 3 unspecified atom stereocenters. The summed E-state index contributed by atoms with van der Waals surface area (Å²) in [7, 11) is 0. The molecule has 3 atom stereocenters. The molecule has 0 rings (SSSR count). The van der Waals surface area contributed by atoms with Gasteiger partial charge in [0.15, 0.2) is 6.29 Å². The molecule has 5 nitrogen and oxygen atoms in total. The Morgan fingerprint density at radius 1 is 1.33 bits per heavy atom. The van der Waals surface area contributed by atoms with Crippen molar-refractivity contribution < 1.29 is 24.5 Å². The zero-order chi connectivity index (χ0) is 11.7. The lowest BCUT2D eigenvalue weighted by molar-refractivity contribution is -0.134. The van der Waals surface area contributed by atoms with Crippen LogP contribution in [-0.2, 0) is 14.3 Å². The minimum Gasteiger partial charge on any atom is -0.396 e. The number of rotatable bonds is 9. The van der Waals surface area contributed by atoms with Crippen molar-refractivity contribution in [2.45, 2.75) is 32.0 Å². The molecule has 0 aliphatic heterocycles. The largest absolute Gasteiger partial charge is 0.396 e. The van der Waals surface area contributed by atoms with Gasteiger partial charge in [0.1, 0.15) is 12.4 Å². The molecular formula is C10H18O5. The van der Waals surface area contributed by atoms with Crippen molar-refractivity contribution >= 4 is 12.6 Å².